The number of hydrazine groups is 1. The third kappa shape index (κ3) is 1.94. The zero-order valence-corrected chi connectivity index (χ0v) is 7.78. The number of benzene rings is 1. The maximum atomic E-state index is 10.9. The first-order valence-corrected chi connectivity index (χ1v) is 4.16. The van der Waals surface area contributed by atoms with Crippen LogP contribution in [0, 0.1) is 0 Å². The smallest absolute Gasteiger partial charge is 0.341 e. The molecule has 0 amide bonds. The molecule has 0 aromatic heterocycles. The maximum absolute atomic E-state index is 10.9. The molecule has 0 fully saturated rings. The number of nitrogens with one attached hydrogen (secondary N) is 1. The molecule has 0 aliphatic rings. The van der Waals surface area contributed by atoms with Gasteiger partial charge in [-0.15, -0.1) is 0 Å². The molecule has 1 rings (SSSR count). The summed E-state index contributed by atoms with van der Waals surface area (Å²) < 4.78 is 5.16. The number of carbonyl (C=O) groups is 1. The number of nitrogens with two attached hydrogens (primary N) is 1. The molecule has 0 saturated carbocycles. The Labute approximate surface area is 81.5 Å². The average Bonchev–Trinajstić information content (AvgIpc) is 2.17. The van der Waals surface area contributed by atoms with E-state index in [0.717, 1.165) is 0 Å². The van der Waals surface area contributed by atoms with E-state index in [4.69, 9.17) is 15.7 Å². The largest absolute Gasteiger partial charge is 0.493 e. The van der Waals surface area contributed by atoms with E-state index in [1.807, 2.05) is 0 Å². The molecule has 0 radical (unpaired) electrons. The number of carboxylic acids is 1. The molecule has 0 atom stereocenters. The van der Waals surface area contributed by atoms with Gasteiger partial charge in [-0.05, 0) is 19.1 Å². The highest BCUT2D eigenvalue weighted by atomic mass is 16.5. The van der Waals surface area contributed by atoms with Crippen molar-refractivity contribution in [2.24, 2.45) is 5.84 Å². The Kier molecular flexibility index (Phi) is 3.30. The minimum atomic E-state index is -1.07. The number of ether oxygens (including phenoxy) is 1. The van der Waals surface area contributed by atoms with Gasteiger partial charge in [0.15, 0.2) is 0 Å². The Morgan fingerprint density at radius 1 is 1.64 bits per heavy atom. The zero-order chi connectivity index (χ0) is 10.6. The Hall–Kier alpha value is -1.75. The second-order valence-corrected chi connectivity index (χ2v) is 2.56. The second kappa shape index (κ2) is 4.48. The summed E-state index contributed by atoms with van der Waals surface area (Å²) in [5.41, 5.74) is 2.70. The van der Waals surface area contributed by atoms with Gasteiger partial charge >= 0.3 is 5.97 Å². The molecule has 0 unspecified atom stereocenters. The van der Waals surface area contributed by atoms with Crippen LogP contribution < -0.4 is 16.0 Å². The minimum absolute atomic E-state index is 0.0526. The van der Waals surface area contributed by atoms with Crippen LogP contribution in [0.5, 0.6) is 5.75 Å². The molecule has 0 spiro atoms. The van der Waals surface area contributed by atoms with E-state index in [0.29, 0.717) is 18.0 Å². The molecule has 1 aromatic carbocycles. The molecule has 0 bridgehead atoms. The van der Waals surface area contributed by atoms with Crippen molar-refractivity contribution < 1.29 is 14.6 Å². The van der Waals surface area contributed by atoms with E-state index in [2.05, 4.69) is 5.43 Å². The van der Waals surface area contributed by atoms with Crippen molar-refractivity contribution in [3.05, 3.63) is 23.8 Å². The van der Waals surface area contributed by atoms with Crippen LogP contribution in [-0.4, -0.2) is 17.7 Å². The van der Waals surface area contributed by atoms with Crippen LogP contribution in [-0.2, 0) is 0 Å². The number of carboxylic acid groups (broad SMARTS) is 1. The quantitative estimate of drug-likeness (QED) is 0.495. The van der Waals surface area contributed by atoms with Gasteiger partial charge in [0.2, 0.25) is 0 Å². The lowest BCUT2D eigenvalue weighted by molar-refractivity contribution is 0.0693. The predicted octanol–water partition coefficient (Wildman–Crippen LogP) is 1.07. The van der Waals surface area contributed by atoms with Gasteiger partial charge in [0, 0.05) is 0 Å². The van der Waals surface area contributed by atoms with E-state index in [1.165, 1.54) is 0 Å². The number of hydrogen-bond acceptors (Lipinski definition) is 4. The van der Waals surface area contributed by atoms with Crippen LogP contribution in [0.1, 0.15) is 17.3 Å². The summed E-state index contributed by atoms with van der Waals surface area (Å²) in [6.45, 7) is 2.20. The van der Waals surface area contributed by atoms with Crippen LogP contribution >= 0.6 is 0 Å². The third-order valence-corrected chi connectivity index (χ3v) is 1.70. The molecule has 4 N–H and O–H groups in total. The van der Waals surface area contributed by atoms with Crippen LogP contribution in [0.2, 0.25) is 0 Å². The summed E-state index contributed by atoms with van der Waals surface area (Å²) >= 11 is 0. The van der Waals surface area contributed by atoms with Crippen molar-refractivity contribution in [2.75, 3.05) is 12.0 Å². The Morgan fingerprint density at radius 2 is 2.36 bits per heavy atom. The molecule has 14 heavy (non-hydrogen) atoms. The number of aromatic carboxylic acids is 1. The van der Waals surface area contributed by atoms with Gasteiger partial charge in [-0.2, -0.15) is 0 Å². The predicted molar refractivity (Wildman–Crippen MR) is 52.4 cm³/mol. The highest BCUT2D eigenvalue weighted by molar-refractivity contribution is 5.97. The molecule has 76 valence electrons. The molecular weight excluding hydrogens is 184 g/mol. The summed E-state index contributed by atoms with van der Waals surface area (Å²) in [4.78, 5) is 10.9. The average molecular weight is 196 g/mol. The van der Waals surface area contributed by atoms with Gasteiger partial charge in [0.25, 0.3) is 0 Å². The van der Waals surface area contributed by atoms with Crippen molar-refractivity contribution in [3.8, 4) is 5.75 Å². The molecule has 0 aliphatic carbocycles. The van der Waals surface area contributed by atoms with E-state index >= 15 is 0 Å². The SMILES string of the molecule is CCOc1cccc(NN)c1C(=O)O. The van der Waals surface area contributed by atoms with Gasteiger partial charge in [0.1, 0.15) is 11.3 Å². The van der Waals surface area contributed by atoms with Gasteiger partial charge < -0.3 is 15.3 Å². The van der Waals surface area contributed by atoms with Crippen molar-refractivity contribution in [1.82, 2.24) is 0 Å². The summed E-state index contributed by atoms with van der Waals surface area (Å²) in [7, 11) is 0. The number of rotatable bonds is 4. The molecular formula is C9H12N2O3. The van der Waals surface area contributed by atoms with E-state index in [9.17, 15) is 4.79 Å². The Balaban J connectivity index is 3.20. The molecule has 1 aromatic rings. The highest BCUT2D eigenvalue weighted by Crippen LogP contribution is 2.25. The summed E-state index contributed by atoms with van der Waals surface area (Å²) in [6, 6.07) is 4.84. The summed E-state index contributed by atoms with van der Waals surface area (Å²) in [5, 5.41) is 8.93. The van der Waals surface area contributed by atoms with Gasteiger partial charge in [-0.25, -0.2) is 4.79 Å². The first-order valence-electron chi connectivity index (χ1n) is 4.16. The van der Waals surface area contributed by atoms with Crippen molar-refractivity contribution in [1.29, 1.82) is 0 Å². The molecule has 0 aliphatic heterocycles. The first kappa shape index (κ1) is 10.3. The number of anilines is 1. The minimum Gasteiger partial charge on any atom is -0.493 e. The van der Waals surface area contributed by atoms with E-state index in [1.54, 1.807) is 25.1 Å². The van der Waals surface area contributed by atoms with Crippen LogP contribution in [0.4, 0.5) is 5.69 Å². The topological polar surface area (TPSA) is 84.6 Å². The standard InChI is InChI=1S/C9H12N2O3/c1-2-14-7-5-3-4-6(11-10)8(7)9(12)13/h3-5,11H,2,10H2,1H3,(H,12,13). The van der Waals surface area contributed by atoms with Gasteiger partial charge in [0.05, 0.1) is 12.3 Å². The molecule has 5 heteroatoms. The molecule has 5 nitrogen and oxygen atoms in total. The van der Waals surface area contributed by atoms with E-state index < -0.39 is 5.97 Å². The fourth-order valence-corrected chi connectivity index (χ4v) is 1.15. The van der Waals surface area contributed by atoms with Crippen molar-refractivity contribution >= 4 is 11.7 Å². The lowest BCUT2D eigenvalue weighted by atomic mass is 10.1. The van der Waals surface area contributed by atoms with Crippen molar-refractivity contribution in [3.63, 3.8) is 0 Å². The van der Waals surface area contributed by atoms with Crippen LogP contribution in [0.3, 0.4) is 0 Å². The monoisotopic (exact) mass is 196 g/mol. The lowest BCUT2D eigenvalue weighted by Crippen LogP contribution is -2.13. The first-order chi connectivity index (χ1) is 6.70. The molecule has 0 heterocycles. The fraction of sp³-hybridized carbons (Fsp3) is 0.222. The maximum Gasteiger partial charge on any atom is 0.341 e. The Bertz CT molecular complexity index is 339. The number of hydrogen-bond donors (Lipinski definition) is 3. The zero-order valence-electron chi connectivity index (χ0n) is 7.78. The summed E-state index contributed by atoms with van der Waals surface area (Å²) in [5.74, 6) is 4.43. The fourth-order valence-electron chi connectivity index (χ4n) is 1.15. The number of nitrogen functional groups attached to an aromatic ring is 1. The van der Waals surface area contributed by atoms with E-state index in [-0.39, 0.29) is 5.56 Å². The Morgan fingerprint density at radius 3 is 2.86 bits per heavy atom. The normalized spacial score (nSPS) is 9.57. The third-order valence-electron chi connectivity index (χ3n) is 1.70. The van der Waals surface area contributed by atoms with Gasteiger partial charge in [-0.1, -0.05) is 6.07 Å². The summed E-state index contributed by atoms with van der Waals surface area (Å²) in [6.07, 6.45) is 0. The second-order valence-electron chi connectivity index (χ2n) is 2.56. The van der Waals surface area contributed by atoms with Crippen LogP contribution in [0.25, 0.3) is 0 Å². The highest BCUT2D eigenvalue weighted by Gasteiger charge is 2.15. The van der Waals surface area contributed by atoms with Gasteiger partial charge in [-0.3, -0.25) is 5.84 Å². The molecule has 0 saturated heterocycles. The lowest BCUT2D eigenvalue weighted by Gasteiger charge is -2.10. The van der Waals surface area contributed by atoms with Crippen LogP contribution in [0.15, 0.2) is 18.2 Å². The van der Waals surface area contributed by atoms with Crippen molar-refractivity contribution in [2.45, 2.75) is 6.92 Å².